The van der Waals surface area contributed by atoms with Crippen molar-refractivity contribution < 1.29 is 14.0 Å². The average molecular weight is 448 g/mol. The molecule has 0 radical (unpaired) electrons. The normalized spacial score (nSPS) is 15.2. The lowest BCUT2D eigenvalue weighted by Crippen LogP contribution is -2.51. The van der Waals surface area contributed by atoms with Gasteiger partial charge in [0.25, 0.3) is 11.8 Å². The predicted octanol–water partition coefficient (Wildman–Crippen LogP) is 2.89. The van der Waals surface area contributed by atoms with Crippen molar-refractivity contribution in [1.29, 1.82) is 0 Å². The minimum atomic E-state index is -0.306. The molecular formula is C25H29N5O3. The molecule has 1 unspecified atom stereocenters. The number of aromatic nitrogens is 1. The summed E-state index contributed by atoms with van der Waals surface area (Å²) in [7, 11) is 1.64. The summed E-state index contributed by atoms with van der Waals surface area (Å²) >= 11 is 0. The number of nitrogens with one attached hydrogen (secondary N) is 1. The third kappa shape index (κ3) is 5.40. The summed E-state index contributed by atoms with van der Waals surface area (Å²) in [4.78, 5) is 36.2. The lowest BCUT2D eigenvalue weighted by atomic mass is 10.1. The third-order valence-electron chi connectivity index (χ3n) is 5.80. The molecule has 0 bridgehead atoms. The third-order valence-corrected chi connectivity index (χ3v) is 5.80. The number of para-hydroxylation sites is 1. The number of amides is 2. The maximum atomic E-state index is 13.1. The number of pyridine rings is 1. The van der Waals surface area contributed by atoms with Crippen LogP contribution >= 0.6 is 0 Å². The molecule has 0 aliphatic carbocycles. The van der Waals surface area contributed by atoms with Gasteiger partial charge in [-0.1, -0.05) is 18.2 Å². The summed E-state index contributed by atoms with van der Waals surface area (Å²) in [5.74, 6) is 0.720. The van der Waals surface area contributed by atoms with Crippen molar-refractivity contribution in [2.45, 2.75) is 13.0 Å². The Bertz CT molecular complexity index is 1060. The van der Waals surface area contributed by atoms with Crippen molar-refractivity contribution in [2.75, 3.05) is 49.6 Å². The zero-order chi connectivity index (χ0) is 23.2. The Hall–Kier alpha value is -3.65. The first-order valence-corrected chi connectivity index (χ1v) is 11.1. The van der Waals surface area contributed by atoms with Crippen LogP contribution in [-0.2, 0) is 0 Å². The molecule has 2 aromatic heterocycles. The van der Waals surface area contributed by atoms with E-state index in [2.05, 4.69) is 20.1 Å². The smallest absolute Gasteiger partial charge is 0.293 e. The van der Waals surface area contributed by atoms with E-state index in [-0.39, 0.29) is 23.6 Å². The second kappa shape index (κ2) is 10.3. The summed E-state index contributed by atoms with van der Waals surface area (Å²) in [5.41, 5.74) is 0.985. The number of nitrogens with zero attached hydrogens (tertiary/aromatic N) is 4. The molecule has 172 valence electrons. The lowest BCUT2D eigenvalue weighted by Gasteiger charge is -2.36. The number of carbonyl (C=O) groups is 2. The van der Waals surface area contributed by atoms with E-state index in [1.54, 1.807) is 37.4 Å². The molecule has 3 heterocycles. The Labute approximate surface area is 193 Å². The molecule has 1 fully saturated rings. The number of carbonyl (C=O) groups excluding carboxylic acids is 2. The average Bonchev–Trinajstić information content (AvgIpc) is 3.39. The van der Waals surface area contributed by atoms with Crippen LogP contribution in [0, 0.1) is 0 Å². The van der Waals surface area contributed by atoms with Crippen LogP contribution in [0.1, 0.15) is 27.8 Å². The molecule has 1 N–H and O–H groups in total. The highest BCUT2D eigenvalue weighted by atomic mass is 16.3. The molecule has 2 amide bonds. The fraction of sp³-hybridized carbons (Fsp3) is 0.320. The van der Waals surface area contributed by atoms with Crippen LogP contribution in [-0.4, -0.2) is 67.5 Å². The van der Waals surface area contributed by atoms with Gasteiger partial charge in [0, 0.05) is 52.0 Å². The molecule has 0 spiro atoms. The Morgan fingerprint density at radius 2 is 1.82 bits per heavy atom. The van der Waals surface area contributed by atoms with Crippen LogP contribution in [0.4, 0.5) is 11.5 Å². The topological polar surface area (TPSA) is 81.9 Å². The molecular weight excluding hydrogens is 418 g/mol. The minimum absolute atomic E-state index is 0.0435. The van der Waals surface area contributed by atoms with Crippen LogP contribution in [0.5, 0.6) is 0 Å². The number of furan rings is 1. The van der Waals surface area contributed by atoms with E-state index in [4.69, 9.17) is 4.42 Å². The first-order valence-electron chi connectivity index (χ1n) is 11.1. The van der Waals surface area contributed by atoms with E-state index in [9.17, 15) is 9.59 Å². The first-order chi connectivity index (χ1) is 16.0. The van der Waals surface area contributed by atoms with Gasteiger partial charge < -0.3 is 19.5 Å². The summed E-state index contributed by atoms with van der Waals surface area (Å²) in [5, 5.41) is 3.09. The van der Waals surface area contributed by atoms with Crippen LogP contribution in [0.2, 0.25) is 0 Å². The molecule has 1 saturated heterocycles. The van der Waals surface area contributed by atoms with Gasteiger partial charge in [0.1, 0.15) is 5.82 Å². The second-order valence-corrected chi connectivity index (χ2v) is 8.21. The number of rotatable bonds is 7. The maximum absolute atomic E-state index is 13.1. The Balaban J connectivity index is 1.34. The van der Waals surface area contributed by atoms with Crippen LogP contribution in [0.25, 0.3) is 0 Å². The zero-order valence-corrected chi connectivity index (χ0v) is 19.0. The van der Waals surface area contributed by atoms with E-state index >= 15 is 0 Å². The monoisotopic (exact) mass is 447 g/mol. The molecule has 1 atom stereocenters. The molecule has 4 rings (SSSR count). The summed E-state index contributed by atoms with van der Waals surface area (Å²) in [6.45, 7) is 6.39. The predicted molar refractivity (Wildman–Crippen MR) is 128 cm³/mol. The van der Waals surface area contributed by atoms with Crippen molar-refractivity contribution in [3.8, 4) is 0 Å². The molecule has 33 heavy (non-hydrogen) atoms. The van der Waals surface area contributed by atoms with Gasteiger partial charge in [-0.05, 0) is 43.3 Å². The summed E-state index contributed by atoms with van der Waals surface area (Å²) in [6, 6.07) is 16.3. The SMILES string of the molecule is CC(CN1CCN(c2ccccn2)CC1)NC(=O)c1ccccc1N(C)C(=O)c1ccco1. The van der Waals surface area contributed by atoms with Crippen LogP contribution in [0.3, 0.4) is 0 Å². The number of hydrogen-bond acceptors (Lipinski definition) is 6. The quantitative estimate of drug-likeness (QED) is 0.600. The minimum Gasteiger partial charge on any atom is -0.459 e. The lowest BCUT2D eigenvalue weighted by molar-refractivity contribution is 0.0928. The van der Waals surface area contributed by atoms with Crippen molar-refractivity contribution in [3.63, 3.8) is 0 Å². The number of benzene rings is 1. The van der Waals surface area contributed by atoms with Crippen LogP contribution in [0.15, 0.2) is 71.5 Å². The Morgan fingerprint density at radius 3 is 2.52 bits per heavy atom. The summed E-state index contributed by atoms with van der Waals surface area (Å²) < 4.78 is 5.22. The van der Waals surface area contributed by atoms with E-state index in [0.29, 0.717) is 11.3 Å². The number of anilines is 2. The van der Waals surface area contributed by atoms with Crippen molar-refractivity contribution in [1.82, 2.24) is 15.2 Å². The van der Waals surface area contributed by atoms with Gasteiger partial charge in [-0.15, -0.1) is 0 Å². The Kier molecular flexibility index (Phi) is 7.04. The molecule has 1 aliphatic rings. The van der Waals surface area contributed by atoms with Gasteiger partial charge in [-0.3, -0.25) is 14.5 Å². The van der Waals surface area contributed by atoms with Gasteiger partial charge in [0.05, 0.1) is 17.5 Å². The fourth-order valence-corrected chi connectivity index (χ4v) is 4.07. The van der Waals surface area contributed by atoms with Crippen molar-refractivity contribution in [3.05, 3.63) is 78.4 Å². The molecule has 3 aromatic rings. The van der Waals surface area contributed by atoms with E-state index in [1.165, 1.54) is 11.2 Å². The molecule has 8 nitrogen and oxygen atoms in total. The van der Waals surface area contributed by atoms with Crippen LogP contribution < -0.4 is 15.1 Å². The zero-order valence-electron chi connectivity index (χ0n) is 19.0. The fourth-order valence-electron chi connectivity index (χ4n) is 4.07. The Morgan fingerprint density at radius 1 is 1.06 bits per heavy atom. The number of hydrogen-bond donors (Lipinski definition) is 1. The van der Waals surface area contributed by atoms with E-state index < -0.39 is 0 Å². The molecule has 1 aromatic carbocycles. The van der Waals surface area contributed by atoms with Gasteiger partial charge in [-0.25, -0.2) is 4.98 Å². The van der Waals surface area contributed by atoms with E-state index in [0.717, 1.165) is 38.5 Å². The summed E-state index contributed by atoms with van der Waals surface area (Å²) in [6.07, 6.45) is 3.27. The largest absolute Gasteiger partial charge is 0.459 e. The van der Waals surface area contributed by atoms with Crippen molar-refractivity contribution >= 4 is 23.3 Å². The molecule has 8 heteroatoms. The van der Waals surface area contributed by atoms with E-state index in [1.807, 2.05) is 37.4 Å². The second-order valence-electron chi connectivity index (χ2n) is 8.21. The number of piperazine rings is 1. The standard InChI is InChI=1S/C25H29N5O3/c1-19(18-29-13-15-30(16-14-29)23-11-5-6-12-26-23)27-24(31)20-8-3-4-9-21(20)28(2)25(32)22-10-7-17-33-22/h3-12,17,19H,13-16,18H2,1-2H3,(H,27,31). The van der Waals surface area contributed by atoms with Gasteiger partial charge >= 0.3 is 0 Å². The highest BCUT2D eigenvalue weighted by Crippen LogP contribution is 2.21. The highest BCUT2D eigenvalue weighted by molar-refractivity contribution is 6.09. The highest BCUT2D eigenvalue weighted by Gasteiger charge is 2.23. The van der Waals surface area contributed by atoms with Gasteiger partial charge in [0.15, 0.2) is 5.76 Å². The molecule has 1 aliphatic heterocycles. The van der Waals surface area contributed by atoms with Gasteiger partial charge in [0.2, 0.25) is 0 Å². The van der Waals surface area contributed by atoms with Gasteiger partial charge in [-0.2, -0.15) is 0 Å². The molecule has 0 saturated carbocycles. The maximum Gasteiger partial charge on any atom is 0.293 e. The first kappa shape index (κ1) is 22.5. The van der Waals surface area contributed by atoms with Crippen molar-refractivity contribution in [2.24, 2.45) is 0 Å².